The Balaban J connectivity index is 1.49. The summed E-state index contributed by atoms with van der Waals surface area (Å²) >= 11 is 0. The van der Waals surface area contributed by atoms with Gasteiger partial charge < -0.3 is 19.3 Å². The lowest BCUT2D eigenvalue weighted by Gasteiger charge is -2.31. The van der Waals surface area contributed by atoms with Crippen LogP contribution < -0.4 is 20.3 Å². The highest BCUT2D eigenvalue weighted by atomic mass is 16.5. The Morgan fingerprint density at radius 3 is 2.57 bits per heavy atom. The number of aliphatic hydroxyl groups is 1. The van der Waals surface area contributed by atoms with Gasteiger partial charge in [0.05, 0.1) is 13.7 Å². The van der Waals surface area contributed by atoms with Crippen LogP contribution in [0.3, 0.4) is 0 Å². The van der Waals surface area contributed by atoms with Crippen molar-refractivity contribution in [1.82, 2.24) is 10.9 Å². The Kier molecular flexibility index (Phi) is 10.9. The minimum atomic E-state index is -1.48. The van der Waals surface area contributed by atoms with E-state index in [1.54, 1.807) is 31.4 Å². The summed E-state index contributed by atoms with van der Waals surface area (Å²) in [5.41, 5.74) is 17.3. The summed E-state index contributed by atoms with van der Waals surface area (Å²) in [5.74, 6) is 1.30. The van der Waals surface area contributed by atoms with Crippen molar-refractivity contribution in [1.29, 1.82) is 0 Å². The summed E-state index contributed by atoms with van der Waals surface area (Å²) in [6, 6.07) is 31.6. The molecular formula is C35H36N6O5. The van der Waals surface area contributed by atoms with Crippen LogP contribution in [-0.2, 0) is 22.4 Å². The van der Waals surface area contributed by atoms with Crippen molar-refractivity contribution in [3.05, 3.63) is 136 Å². The lowest BCUT2D eigenvalue weighted by atomic mass is 9.81. The molecule has 1 aliphatic rings. The van der Waals surface area contributed by atoms with E-state index in [0.717, 1.165) is 16.9 Å². The molecule has 0 saturated heterocycles. The van der Waals surface area contributed by atoms with Crippen LogP contribution in [0.5, 0.6) is 11.5 Å². The number of aliphatic hydroxyl groups excluding tert-OH is 1. The van der Waals surface area contributed by atoms with E-state index in [1.807, 2.05) is 78.9 Å². The molecular weight excluding hydrogens is 584 g/mol. The van der Waals surface area contributed by atoms with E-state index in [9.17, 15) is 10.3 Å². The molecule has 0 radical (unpaired) electrons. The summed E-state index contributed by atoms with van der Waals surface area (Å²) in [6.45, 7) is 0.893. The molecule has 236 valence electrons. The van der Waals surface area contributed by atoms with Crippen LogP contribution in [0, 0.1) is 0 Å². The molecule has 4 aromatic rings. The molecule has 0 aliphatic carbocycles. The first-order valence-corrected chi connectivity index (χ1v) is 15.0. The molecule has 5 rings (SSSR count). The Hall–Kier alpha value is -5.35. The second-order valence-corrected chi connectivity index (χ2v) is 10.7. The molecule has 0 spiro atoms. The number of nitrogens with one attached hydrogen (secondary N) is 2. The maximum atomic E-state index is 14.4. The van der Waals surface area contributed by atoms with Gasteiger partial charge in [0.2, 0.25) is 5.90 Å². The van der Waals surface area contributed by atoms with Crippen molar-refractivity contribution in [2.24, 2.45) is 10.1 Å². The van der Waals surface area contributed by atoms with E-state index in [-0.39, 0.29) is 13.0 Å². The Labute approximate surface area is 267 Å². The highest BCUT2D eigenvalue weighted by Gasteiger charge is 2.53. The number of nitrogens with zero attached hydrogens (tertiary/aromatic N) is 4. The van der Waals surface area contributed by atoms with E-state index in [2.05, 4.69) is 20.9 Å². The highest BCUT2D eigenvalue weighted by molar-refractivity contribution is 6.01. The van der Waals surface area contributed by atoms with Crippen molar-refractivity contribution >= 4 is 17.5 Å². The average Bonchev–Trinajstić information content (AvgIpc) is 3.49. The zero-order valence-electron chi connectivity index (χ0n) is 25.5. The number of rotatable bonds is 15. The van der Waals surface area contributed by atoms with Gasteiger partial charge in [0.15, 0.2) is 11.6 Å². The normalized spacial score (nSPS) is 16.9. The van der Waals surface area contributed by atoms with Gasteiger partial charge in [-0.3, -0.25) is 10.2 Å². The van der Waals surface area contributed by atoms with Gasteiger partial charge in [0.1, 0.15) is 11.5 Å². The number of azide groups is 1. The van der Waals surface area contributed by atoms with Crippen LogP contribution >= 0.6 is 0 Å². The number of carbonyl (C=O) groups excluding carboxylic acids is 1. The first-order valence-electron chi connectivity index (χ1n) is 15.0. The highest BCUT2D eigenvalue weighted by Crippen LogP contribution is 2.43. The van der Waals surface area contributed by atoms with Gasteiger partial charge in [0, 0.05) is 42.2 Å². The Morgan fingerprint density at radius 2 is 1.80 bits per heavy atom. The van der Waals surface area contributed by atoms with E-state index in [4.69, 9.17) is 24.3 Å². The van der Waals surface area contributed by atoms with Gasteiger partial charge in [-0.1, -0.05) is 71.8 Å². The fourth-order valence-corrected chi connectivity index (χ4v) is 5.29. The molecule has 0 aromatic heterocycles. The van der Waals surface area contributed by atoms with Gasteiger partial charge in [-0.25, -0.2) is 10.4 Å². The number of hydrazine groups is 1. The molecule has 0 saturated carbocycles. The summed E-state index contributed by atoms with van der Waals surface area (Å²) in [7, 11) is 1.63. The quantitative estimate of drug-likeness (QED) is 0.0506. The van der Waals surface area contributed by atoms with Gasteiger partial charge in [-0.15, -0.1) is 0 Å². The molecule has 4 aromatic carbocycles. The zero-order chi connectivity index (χ0) is 32.2. The fraction of sp³-hybridized carbons (Fsp3) is 0.257. The van der Waals surface area contributed by atoms with Gasteiger partial charge in [0.25, 0.3) is 5.91 Å². The maximum Gasteiger partial charge on any atom is 0.266 e. The van der Waals surface area contributed by atoms with Gasteiger partial charge in [-0.05, 0) is 65.0 Å². The molecule has 1 amide bonds. The Morgan fingerprint density at radius 1 is 1.02 bits per heavy atom. The van der Waals surface area contributed by atoms with Crippen LogP contribution in [0.1, 0.15) is 34.8 Å². The van der Waals surface area contributed by atoms with E-state index in [0.29, 0.717) is 54.5 Å². The summed E-state index contributed by atoms with van der Waals surface area (Å²) < 4.78 is 17.6. The molecule has 1 heterocycles. The van der Waals surface area contributed by atoms with Gasteiger partial charge in [-0.2, -0.15) is 0 Å². The van der Waals surface area contributed by atoms with Crippen LogP contribution in [0.25, 0.3) is 10.4 Å². The molecule has 0 unspecified atom stereocenters. The lowest BCUT2D eigenvalue weighted by molar-refractivity contribution is -0.130. The number of hydrogen-bond donors (Lipinski definition) is 3. The third kappa shape index (κ3) is 7.65. The first-order chi connectivity index (χ1) is 22.6. The third-order valence-corrected chi connectivity index (χ3v) is 7.61. The number of hydrogen-bond acceptors (Lipinski definition) is 8. The maximum absolute atomic E-state index is 14.4. The third-order valence-electron chi connectivity index (χ3n) is 7.61. The van der Waals surface area contributed by atoms with Crippen molar-refractivity contribution in [2.75, 3.05) is 26.9 Å². The van der Waals surface area contributed by atoms with E-state index >= 15 is 0 Å². The van der Waals surface area contributed by atoms with Crippen LogP contribution in [0.2, 0.25) is 0 Å². The van der Waals surface area contributed by atoms with Crippen molar-refractivity contribution in [3.63, 3.8) is 0 Å². The second-order valence-electron chi connectivity index (χ2n) is 10.7. The molecule has 1 aliphatic heterocycles. The molecule has 3 N–H and O–H groups in total. The smallest absolute Gasteiger partial charge is 0.266 e. The molecule has 11 nitrogen and oxygen atoms in total. The first kappa shape index (κ1) is 32.1. The minimum Gasteiger partial charge on any atom is -0.497 e. The lowest BCUT2D eigenvalue weighted by Crippen LogP contribution is -2.54. The number of benzene rings is 4. The van der Waals surface area contributed by atoms with Crippen molar-refractivity contribution < 1.29 is 24.1 Å². The molecule has 2 atom stereocenters. The van der Waals surface area contributed by atoms with E-state index < -0.39 is 17.6 Å². The number of methoxy groups -OCH3 is 1. The van der Waals surface area contributed by atoms with Crippen LogP contribution in [0.15, 0.2) is 113 Å². The predicted octanol–water partition coefficient (Wildman–Crippen LogP) is 5.76. The van der Waals surface area contributed by atoms with Crippen LogP contribution in [0.4, 0.5) is 5.69 Å². The van der Waals surface area contributed by atoms with Crippen molar-refractivity contribution in [3.8, 4) is 11.5 Å². The number of carbonyl (C=O) groups is 1. The number of aliphatic imine (C=N–C) groups is 1. The number of amides is 1. The van der Waals surface area contributed by atoms with Crippen LogP contribution in [-0.4, -0.2) is 49.3 Å². The summed E-state index contributed by atoms with van der Waals surface area (Å²) in [4.78, 5) is 22.4. The molecule has 11 heteroatoms. The largest absolute Gasteiger partial charge is 0.497 e. The second kappa shape index (κ2) is 15.6. The zero-order valence-corrected chi connectivity index (χ0v) is 25.5. The topological polar surface area (TPSA) is 150 Å². The monoisotopic (exact) mass is 620 g/mol. The standard InChI is InChI=1S/C35H36N6O5/c1-44-30-13-7-9-25(23-30)19-20-37-40-34(43)35(24-28-12-5-6-14-31(28)39-41-36)32(26-10-3-2-4-11-26)46-33(38-35)27-15-17-29(18-16-27)45-22-8-21-42/h2-7,9-18,23,32,37,42H,8,19-22,24H2,1H3,(H,40,43)/t32-,35-/m0/s1. The fourth-order valence-electron chi connectivity index (χ4n) is 5.29. The summed E-state index contributed by atoms with van der Waals surface area (Å²) in [5, 5.41) is 12.9. The SMILES string of the molecule is COc1cccc(CCNNC(=O)[C@@]2(Cc3ccccc3N=[N+]=[N-])N=C(c3ccc(OCCCO)cc3)O[C@H]2c2ccccc2)c1. The van der Waals surface area contributed by atoms with Crippen molar-refractivity contribution in [2.45, 2.75) is 30.9 Å². The predicted molar refractivity (Wildman–Crippen MR) is 175 cm³/mol. The van der Waals surface area contributed by atoms with E-state index in [1.165, 1.54) is 0 Å². The number of ether oxygens (including phenoxy) is 3. The Bertz CT molecular complexity index is 1690. The molecule has 0 fully saturated rings. The minimum absolute atomic E-state index is 0.0480. The molecule has 46 heavy (non-hydrogen) atoms. The average molecular weight is 621 g/mol. The summed E-state index contributed by atoms with van der Waals surface area (Å²) in [6.07, 6.45) is 0.461. The van der Waals surface area contributed by atoms with Gasteiger partial charge >= 0.3 is 0 Å². The molecule has 0 bridgehead atoms.